The Morgan fingerprint density at radius 1 is 1.32 bits per heavy atom. The van der Waals surface area contributed by atoms with E-state index < -0.39 is 0 Å². The summed E-state index contributed by atoms with van der Waals surface area (Å²) in [6, 6.07) is 2.11. The first-order valence-corrected chi connectivity index (χ1v) is 7.01. The molecule has 2 aromatic rings. The van der Waals surface area contributed by atoms with Crippen LogP contribution in [0.15, 0.2) is 24.7 Å². The molecule has 0 aliphatic carbocycles. The molecule has 19 heavy (non-hydrogen) atoms. The lowest BCUT2D eigenvalue weighted by molar-refractivity contribution is 0.211. The molecule has 2 aromatic heterocycles. The second-order valence-corrected chi connectivity index (χ2v) is 5.33. The number of H-pyrrole nitrogens is 1. The summed E-state index contributed by atoms with van der Waals surface area (Å²) >= 11 is 0. The first-order valence-electron chi connectivity index (χ1n) is 7.01. The van der Waals surface area contributed by atoms with E-state index in [-0.39, 0.29) is 0 Å². The molecule has 3 heterocycles. The third kappa shape index (κ3) is 2.87. The Bertz CT molecular complexity index is 494. The van der Waals surface area contributed by atoms with Crippen LogP contribution in [0.5, 0.6) is 0 Å². The van der Waals surface area contributed by atoms with E-state index in [1.54, 1.807) is 0 Å². The summed E-state index contributed by atoms with van der Waals surface area (Å²) in [6.07, 6.45) is 9.23. The number of nitrogens with zero attached hydrogens (tertiary/aromatic N) is 4. The van der Waals surface area contributed by atoms with Gasteiger partial charge < -0.3 is 9.47 Å². The molecule has 1 N–H and O–H groups in total. The van der Waals surface area contributed by atoms with Gasteiger partial charge in [-0.15, -0.1) is 0 Å². The lowest BCUT2D eigenvalue weighted by Gasteiger charge is -2.31. The van der Waals surface area contributed by atoms with Crippen molar-refractivity contribution in [3.05, 3.63) is 36.2 Å². The molecule has 0 aromatic carbocycles. The molecule has 0 spiro atoms. The molecule has 1 aliphatic rings. The normalized spacial score (nSPS) is 17.9. The number of hydrogen-bond donors (Lipinski definition) is 1. The lowest BCUT2D eigenvalue weighted by atomic mass is 9.93. The van der Waals surface area contributed by atoms with E-state index in [0.717, 1.165) is 13.0 Å². The summed E-state index contributed by atoms with van der Waals surface area (Å²) < 4.78 is 2.11. The molecular weight excluding hydrogens is 238 g/mol. The Labute approximate surface area is 113 Å². The topological polar surface area (TPSA) is 49.7 Å². The summed E-state index contributed by atoms with van der Waals surface area (Å²) in [5.41, 5.74) is 1.30. The fourth-order valence-electron chi connectivity index (χ4n) is 2.86. The predicted octanol–water partition coefficient (Wildman–Crippen LogP) is 1.57. The van der Waals surface area contributed by atoms with E-state index >= 15 is 0 Å². The molecule has 5 nitrogen and oxygen atoms in total. The van der Waals surface area contributed by atoms with Crippen molar-refractivity contribution >= 4 is 0 Å². The van der Waals surface area contributed by atoms with Crippen LogP contribution in [0.4, 0.5) is 0 Å². The number of rotatable bonds is 4. The highest BCUT2D eigenvalue weighted by Crippen LogP contribution is 2.26. The van der Waals surface area contributed by atoms with Gasteiger partial charge in [-0.3, -0.25) is 5.10 Å². The van der Waals surface area contributed by atoms with Gasteiger partial charge in [0, 0.05) is 50.2 Å². The number of aromatic nitrogens is 4. The molecule has 0 amide bonds. The summed E-state index contributed by atoms with van der Waals surface area (Å²) in [6.45, 7) is 3.46. The highest BCUT2D eigenvalue weighted by molar-refractivity contribution is 5.06. The Morgan fingerprint density at radius 2 is 2.16 bits per heavy atom. The average Bonchev–Trinajstić information content (AvgIpc) is 3.09. The lowest BCUT2D eigenvalue weighted by Crippen LogP contribution is -2.34. The fraction of sp³-hybridized carbons (Fsp3) is 0.571. The van der Waals surface area contributed by atoms with Crippen molar-refractivity contribution in [2.24, 2.45) is 7.05 Å². The van der Waals surface area contributed by atoms with Gasteiger partial charge in [-0.05, 0) is 32.0 Å². The maximum absolute atomic E-state index is 4.38. The second-order valence-electron chi connectivity index (χ2n) is 5.33. The van der Waals surface area contributed by atoms with Crippen LogP contribution in [-0.2, 0) is 13.5 Å². The number of likely N-dealkylation sites (tertiary alicyclic amines) is 1. The molecule has 0 bridgehead atoms. The van der Waals surface area contributed by atoms with Gasteiger partial charge in [0.15, 0.2) is 0 Å². The van der Waals surface area contributed by atoms with E-state index in [0.29, 0.717) is 5.92 Å². The van der Waals surface area contributed by atoms with Gasteiger partial charge in [-0.25, -0.2) is 4.98 Å². The first-order chi connectivity index (χ1) is 9.33. The van der Waals surface area contributed by atoms with Crippen molar-refractivity contribution < 1.29 is 0 Å². The zero-order valence-corrected chi connectivity index (χ0v) is 11.4. The standard InChI is InChI=1S/C14H21N5/c1-18-11-7-15-14(18)5-10-19-8-3-12(4-9-19)13-2-6-16-17-13/h2,6-7,11-12H,3-5,8-10H2,1H3,(H,16,17). The maximum atomic E-state index is 4.38. The zero-order valence-electron chi connectivity index (χ0n) is 11.4. The van der Waals surface area contributed by atoms with Gasteiger partial charge in [-0.1, -0.05) is 0 Å². The van der Waals surface area contributed by atoms with Crippen LogP contribution in [0.3, 0.4) is 0 Å². The second kappa shape index (κ2) is 5.57. The molecule has 3 rings (SSSR count). The fourth-order valence-corrected chi connectivity index (χ4v) is 2.86. The van der Waals surface area contributed by atoms with Gasteiger partial charge in [0.05, 0.1) is 0 Å². The molecule has 1 aliphatic heterocycles. The van der Waals surface area contributed by atoms with Crippen LogP contribution >= 0.6 is 0 Å². The highest BCUT2D eigenvalue weighted by atomic mass is 15.1. The quantitative estimate of drug-likeness (QED) is 0.906. The summed E-state index contributed by atoms with van der Waals surface area (Å²) in [5.74, 6) is 1.84. The minimum absolute atomic E-state index is 0.659. The molecule has 0 atom stereocenters. The number of nitrogens with one attached hydrogen (secondary N) is 1. The number of hydrogen-bond acceptors (Lipinski definition) is 3. The summed E-state index contributed by atoms with van der Waals surface area (Å²) in [7, 11) is 2.06. The molecule has 0 radical (unpaired) electrons. The van der Waals surface area contributed by atoms with E-state index in [9.17, 15) is 0 Å². The number of aromatic amines is 1. The Hall–Kier alpha value is -1.62. The van der Waals surface area contributed by atoms with Crippen molar-refractivity contribution in [2.75, 3.05) is 19.6 Å². The molecule has 1 fully saturated rings. The third-order valence-corrected chi connectivity index (χ3v) is 4.12. The average molecular weight is 259 g/mol. The van der Waals surface area contributed by atoms with Crippen LogP contribution < -0.4 is 0 Å². The summed E-state index contributed by atoms with van der Waals surface area (Å²) in [4.78, 5) is 6.92. The van der Waals surface area contributed by atoms with Crippen LogP contribution in [0.1, 0.15) is 30.3 Å². The van der Waals surface area contributed by atoms with Crippen LogP contribution in [0, 0.1) is 0 Å². The van der Waals surface area contributed by atoms with Crippen molar-refractivity contribution in [1.29, 1.82) is 0 Å². The van der Waals surface area contributed by atoms with Crippen molar-refractivity contribution in [1.82, 2.24) is 24.6 Å². The molecule has 5 heteroatoms. The van der Waals surface area contributed by atoms with Gasteiger partial charge in [0.25, 0.3) is 0 Å². The van der Waals surface area contributed by atoms with Crippen molar-refractivity contribution in [3.8, 4) is 0 Å². The van der Waals surface area contributed by atoms with Gasteiger partial charge in [0.2, 0.25) is 0 Å². The van der Waals surface area contributed by atoms with E-state index in [1.807, 2.05) is 18.6 Å². The summed E-state index contributed by atoms with van der Waals surface area (Å²) in [5, 5.41) is 7.15. The SMILES string of the molecule is Cn1ccnc1CCN1CCC(c2ccn[nH]2)CC1. The largest absolute Gasteiger partial charge is 0.338 e. The van der Waals surface area contributed by atoms with E-state index in [4.69, 9.17) is 0 Å². The Balaban J connectivity index is 1.47. The number of piperidine rings is 1. The molecule has 0 saturated carbocycles. The maximum Gasteiger partial charge on any atom is 0.109 e. The van der Waals surface area contributed by atoms with Crippen LogP contribution in [0.2, 0.25) is 0 Å². The van der Waals surface area contributed by atoms with Gasteiger partial charge in [0.1, 0.15) is 5.82 Å². The molecule has 102 valence electrons. The van der Waals surface area contributed by atoms with Crippen molar-refractivity contribution in [3.63, 3.8) is 0 Å². The van der Waals surface area contributed by atoms with Crippen molar-refractivity contribution in [2.45, 2.75) is 25.2 Å². The first kappa shape index (κ1) is 12.4. The minimum atomic E-state index is 0.659. The van der Waals surface area contributed by atoms with Gasteiger partial charge >= 0.3 is 0 Å². The monoisotopic (exact) mass is 259 g/mol. The number of imidazole rings is 1. The Kier molecular flexibility index (Phi) is 3.64. The van der Waals surface area contributed by atoms with E-state index in [1.165, 1.54) is 37.4 Å². The van der Waals surface area contributed by atoms with E-state index in [2.05, 4.69) is 37.8 Å². The smallest absolute Gasteiger partial charge is 0.109 e. The van der Waals surface area contributed by atoms with Crippen LogP contribution in [-0.4, -0.2) is 44.3 Å². The molecule has 0 unspecified atom stereocenters. The zero-order chi connectivity index (χ0) is 13.1. The number of aryl methyl sites for hydroxylation is 1. The Morgan fingerprint density at radius 3 is 2.79 bits per heavy atom. The van der Waals surface area contributed by atoms with Gasteiger partial charge in [-0.2, -0.15) is 5.10 Å². The predicted molar refractivity (Wildman–Crippen MR) is 73.9 cm³/mol. The minimum Gasteiger partial charge on any atom is -0.338 e. The molecule has 1 saturated heterocycles. The third-order valence-electron chi connectivity index (χ3n) is 4.12. The highest BCUT2D eigenvalue weighted by Gasteiger charge is 2.21. The molecular formula is C14H21N5. The van der Waals surface area contributed by atoms with Crippen LogP contribution in [0.25, 0.3) is 0 Å².